The summed E-state index contributed by atoms with van der Waals surface area (Å²) < 4.78 is 29.0. The van der Waals surface area contributed by atoms with Gasteiger partial charge in [0, 0.05) is 8.80 Å². The van der Waals surface area contributed by atoms with Gasteiger partial charge in [-0.2, -0.15) is 8.78 Å². The first-order valence-electron chi connectivity index (χ1n) is 12.7. The third kappa shape index (κ3) is 7.98. The second-order valence-corrected chi connectivity index (χ2v) is 13.4. The Balaban J connectivity index is 1.26. The summed E-state index contributed by atoms with van der Waals surface area (Å²) in [5.74, 6) is 2.80. The Hall–Kier alpha value is -0.903. The Morgan fingerprint density at radius 3 is 2.03 bits per heavy atom. The minimum Gasteiger partial charge on any atom is -0.435 e. The minimum absolute atomic E-state index is 0.263. The molecule has 0 aromatic heterocycles. The molecule has 1 aliphatic heterocycles. The molecule has 1 aromatic carbocycles. The second kappa shape index (κ2) is 12.8. The molecule has 0 N–H and O–H groups in total. The molecule has 0 spiro atoms. The van der Waals surface area contributed by atoms with Crippen molar-refractivity contribution in [2.75, 3.05) is 0 Å². The van der Waals surface area contributed by atoms with Gasteiger partial charge in [-0.15, -0.1) is 0 Å². The molecule has 1 saturated heterocycles. The summed E-state index contributed by atoms with van der Waals surface area (Å²) in [7, 11) is -0.329. The monoisotopic (exact) mass is 436 g/mol. The predicted molar refractivity (Wildman–Crippen MR) is 125 cm³/mol. The van der Waals surface area contributed by atoms with E-state index in [1.54, 1.807) is 43.1 Å². The molecule has 1 saturated carbocycles. The van der Waals surface area contributed by atoms with Crippen molar-refractivity contribution in [2.45, 2.75) is 115 Å². The largest absolute Gasteiger partial charge is 0.435 e. The zero-order chi connectivity index (χ0) is 21.2. The number of benzene rings is 1. The Morgan fingerprint density at radius 2 is 1.47 bits per heavy atom. The van der Waals surface area contributed by atoms with Crippen LogP contribution in [0.25, 0.3) is 0 Å². The predicted octanol–water partition coefficient (Wildman–Crippen LogP) is 8.56. The molecule has 0 amide bonds. The first kappa shape index (κ1) is 23.8. The highest BCUT2D eigenvalue weighted by molar-refractivity contribution is 6.58. The van der Waals surface area contributed by atoms with Gasteiger partial charge in [0.2, 0.25) is 0 Å². The molecular formula is C26H42F2OSi. The summed E-state index contributed by atoms with van der Waals surface area (Å²) in [6.45, 7) is -0.410. The van der Waals surface area contributed by atoms with Gasteiger partial charge in [0.1, 0.15) is 5.75 Å². The number of unbranched alkanes of at least 4 members (excludes halogenated alkanes) is 2. The van der Waals surface area contributed by atoms with E-state index >= 15 is 0 Å². The average molecular weight is 437 g/mol. The van der Waals surface area contributed by atoms with Crippen LogP contribution in [0.3, 0.4) is 0 Å². The maximum absolute atomic E-state index is 12.3. The molecular weight excluding hydrogens is 394 g/mol. The SMILES string of the molecule is CCCC[Si@H]1CC[C@H](CCCC[C@H]2CC[C@H](c3ccc(OC(F)F)cc3)CC2)CC1. The van der Waals surface area contributed by atoms with Gasteiger partial charge in [-0.25, -0.2) is 0 Å². The molecule has 2 aliphatic rings. The first-order chi connectivity index (χ1) is 14.6. The molecule has 0 unspecified atom stereocenters. The fraction of sp³-hybridized carbons (Fsp3) is 0.769. The van der Waals surface area contributed by atoms with Crippen molar-refractivity contribution in [3.63, 3.8) is 0 Å². The van der Waals surface area contributed by atoms with Crippen LogP contribution in [-0.4, -0.2) is 15.4 Å². The van der Waals surface area contributed by atoms with Crippen LogP contribution in [0.2, 0.25) is 18.1 Å². The van der Waals surface area contributed by atoms with Gasteiger partial charge in [-0.05, 0) is 61.1 Å². The van der Waals surface area contributed by atoms with Crippen LogP contribution in [-0.2, 0) is 0 Å². The fourth-order valence-electron chi connectivity index (χ4n) is 5.87. The zero-order valence-electron chi connectivity index (χ0n) is 19.0. The van der Waals surface area contributed by atoms with Gasteiger partial charge >= 0.3 is 6.61 Å². The van der Waals surface area contributed by atoms with E-state index in [0.29, 0.717) is 5.92 Å². The quantitative estimate of drug-likeness (QED) is 0.249. The summed E-state index contributed by atoms with van der Waals surface area (Å²) in [5, 5.41) is 0. The molecule has 0 bridgehead atoms. The number of rotatable bonds is 11. The third-order valence-electron chi connectivity index (χ3n) is 7.83. The van der Waals surface area contributed by atoms with E-state index in [-0.39, 0.29) is 14.5 Å². The van der Waals surface area contributed by atoms with Crippen LogP contribution in [0.5, 0.6) is 5.75 Å². The average Bonchev–Trinajstić information content (AvgIpc) is 2.77. The van der Waals surface area contributed by atoms with Crippen molar-refractivity contribution in [1.29, 1.82) is 0 Å². The highest BCUT2D eigenvalue weighted by Gasteiger charge is 2.23. The molecule has 1 aromatic rings. The fourth-order valence-corrected chi connectivity index (χ4v) is 9.61. The molecule has 3 rings (SSSR count). The lowest BCUT2D eigenvalue weighted by atomic mass is 9.77. The summed E-state index contributed by atoms with van der Waals surface area (Å²) in [6.07, 6.45) is 16.9. The topological polar surface area (TPSA) is 9.23 Å². The minimum atomic E-state index is -2.74. The first-order valence-corrected chi connectivity index (χ1v) is 15.1. The van der Waals surface area contributed by atoms with E-state index in [1.165, 1.54) is 69.8 Å². The van der Waals surface area contributed by atoms with E-state index in [1.807, 2.05) is 12.1 Å². The number of alkyl halides is 2. The summed E-state index contributed by atoms with van der Waals surface area (Å²) in [4.78, 5) is 0. The van der Waals surface area contributed by atoms with Crippen molar-refractivity contribution >= 4 is 8.80 Å². The molecule has 30 heavy (non-hydrogen) atoms. The second-order valence-electron chi connectivity index (χ2n) is 9.98. The molecule has 0 atom stereocenters. The summed E-state index contributed by atoms with van der Waals surface area (Å²) in [6, 6.07) is 12.2. The lowest BCUT2D eigenvalue weighted by Gasteiger charge is -2.30. The molecule has 1 nitrogen and oxygen atoms in total. The molecule has 1 heterocycles. The van der Waals surface area contributed by atoms with Gasteiger partial charge in [-0.3, -0.25) is 0 Å². The standard InChI is InChI=1S/C26H42F2OSi/c1-2-3-18-30-19-16-22(17-20-30)7-5-4-6-21-8-10-23(11-9-21)24-12-14-25(15-13-24)29-26(27)28/h12-15,21-23,26,30H,2-11,16-20H2,1H3/t21-,22-,23-,30-. The molecule has 170 valence electrons. The van der Waals surface area contributed by atoms with Crippen LogP contribution in [0.15, 0.2) is 24.3 Å². The Bertz CT molecular complexity index is 575. The van der Waals surface area contributed by atoms with Crippen LogP contribution in [0.1, 0.15) is 95.5 Å². The highest BCUT2D eigenvalue weighted by Crippen LogP contribution is 2.38. The van der Waals surface area contributed by atoms with Crippen molar-refractivity contribution in [2.24, 2.45) is 11.8 Å². The Kier molecular flexibility index (Phi) is 10.2. The lowest BCUT2D eigenvalue weighted by molar-refractivity contribution is -0.0498. The van der Waals surface area contributed by atoms with E-state index in [0.717, 1.165) is 11.8 Å². The van der Waals surface area contributed by atoms with Crippen LogP contribution < -0.4 is 4.74 Å². The summed E-state index contributed by atoms with van der Waals surface area (Å²) >= 11 is 0. The van der Waals surface area contributed by atoms with E-state index in [4.69, 9.17) is 0 Å². The van der Waals surface area contributed by atoms with Crippen molar-refractivity contribution in [3.8, 4) is 5.75 Å². The van der Waals surface area contributed by atoms with Crippen molar-refractivity contribution in [3.05, 3.63) is 29.8 Å². The van der Waals surface area contributed by atoms with Gasteiger partial charge in [0.25, 0.3) is 0 Å². The van der Waals surface area contributed by atoms with Crippen LogP contribution in [0.4, 0.5) is 8.78 Å². The Labute approximate surface area is 184 Å². The maximum atomic E-state index is 12.3. The van der Waals surface area contributed by atoms with Crippen molar-refractivity contribution in [1.82, 2.24) is 0 Å². The van der Waals surface area contributed by atoms with E-state index in [2.05, 4.69) is 11.7 Å². The number of hydrogen-bond acceptors (Lipinski definition) is 1. The molecule has 2 fully saturated rings. The number of hydrogen-bond donors (Lipinski definition) is 0. The van der Waals surface area contributed by atoms with Crippen molar-refractivity contribution < 1.29 is 13.5 Å². The van der Waals surface area contributed by atoms with E-state index < -0.39 is 6.61 Å². The number of ether oxygens (including phenoxy) is 1. The van der Waals surface area contributed by atoms with E-state index in [9.17, 15) is 8.78 Å². The van der Waals surface area contributed by atoms with Gasteiger partial charge in [0.05, 0.1) is 0 Å². The van der Waals surface area contributed by atoms with Gasteiger partial charge < -0.3 is 4.74 Å². The molecule has 4 heteroatoms. The number of halogens is 2. The molecule has 1 aliphatic carbocycles. The lowest BCUT2D eigenvalue weighted by Crippen LogP contribution is -2.21. The normalized spacial score (nSPS) is 27.3. The Morgan fingerprint density at radius 1 is 0.867 bits per heavy atom. The third-order valence-corrected chi connectivity index (χ3v) is 11.4. The smallest absolute Gasteiger partial charge is 0.387 e. The maximum Gasteiger partial charge on any atom is 0.387 e. The zero-order valence-corrected chi connectivity index (χ0v) is 20.1. The van der Waals surface area contributed by atoms with Crippen LogP contribution in [0, 0.1) is 11.8 Å². The summed E-state index contributed by atoms with van der Waals surface area (Å²) in [5.41, 5.74) is 1.29. The van der Waals surface area contributed by atoms with Gasteiger partial charge in [0.15, 0.2) is 0 Å². The highest BCUT2D eigenvalue weighted by atomic mass is 28.3. The van der Waals surface area contributed by atoms with Crippen LogP contribution >= 0.6 is 0 Å². The van der Waals surface area contributed by atoms with Gasteiger partial charge in [-0.1, -0.05) is 88.6 Å². The molecule has 0 radical (unpaired) electrons.